The molecule has 0 amide bonds. The molecule has 0 heterocycles. The Bertz CT molecular complexity index is 1640. The van der Waals surface area contributed by atoms with Crippen molar-refractivity contribution in [3.63, 3.8) is 0 Å². The molecule has 0 rings (SSSR count). The Balaban J connectivity index is 5.25. The van der Waals surface area contributed by atoms with Gasteiger partial charge in [0.15, 0.2) is 12.2 Å². The van der Waals surface area contributed by atoms with Crippen molar-refractivity contribution in [3.8, 4) is 0 Å². The lowest BCUT2D eigenvalue weighted by Crippen LogP contribution is -2.30. The molecule has 19 heteroatoms. The first-order valence-electron chi connectivity index (χ1n) is 33.0. The Labute approximate surface area is 498 Å². The minimum absolute atomic E-state index is 0.102. The molecular formula is C63H122O17P2. The Hall–Kier alpha value is -1.94. The van der Waals surface area contributed by atoms with E-state index in [4.69, 9.17) is 37.0 Å². The van der Waals surface area contributed by atoms with E-state index >= 15 is 0 Å². The second-order valence-electron chi connectivity index (χ2n) is 23.5. The number of rotatable bonds is 61. The number of aliphatic hydroxyl groups is 1. The van der Waals surface area contributed by atoms with E-state index < -0.39 is 97.5 Å². The maximum atomic E-state index is 13.0. The van der Waals surface area contributed by atoms with Gasteiger partial charge < -0.3 is 33.8 Å². The topological polar surface area (TPSA) is 237 Å². The third-order valence-electron chi connectivity index (χ3n) is 15.5. The van der Waals surface area contributed by atoms with Gasteiger partial charge in [-0.2, -0.15) is 0 Å². The zero-order valence-electron chi connectivity index (χ0n) is 52.9. The average Bonchev–Trinajstić information content (AvgIpc) is 3.45. The first-order valence-corrected chi connectivity index (χ1v) is 36.0. The van der Waals surface area contributed by atoms with Crippen molar-refractivity contribution in [2.24, 2.45) is 17.8 Å². The summed E-state index contributed by atoms with van der Waals surface area (Å²) < 4.78 is 67.9. The van der Waals surface area contributed by atoms with E-state index in [9.17, 15) is 43.2 Å². The van der Waals surface area contributed by atoms with Gasteiger partial charge >= 0.3 is 39.5 Å². The molecule has 486 valence electrons. The summed E-state index contributed by atoms with van der Waals surface area (Å²) in [6.07, 6.45) is 34.8. The second-order valence-corrected chi connectivity index (χ2v) is 26.4. The van der Waals surface area contributed by atoms with Gasteiger partial charge in [0.1, 0.15) is 19.3 Å². The molecule has 0 radical (unpaired) electrons. The summed E-state index contributed by atoms with van der Waals surface area (Å²) >= 11 is 0. The standard InChI is InChI=1S/C63H122O17P2/c1-8-12-13-14-15-21-30-37-44-60(65)73-50-59(80-63(68)47-40-33-26-24-29-36-43-56(7)11-4)53-78-82(71,72)76-49-57(64)48-75-81(69,70)77-52-58(51-74-61(66)45-38-31-25-23-28-35-42-55(6)10-3)79-62(67)46-39-32-22-19-17-16-18-20-27-34-41-54(5)9-2/h54-59,64H,8-53H2,1-7H3,(H,69,70)(H,71,72)/t54?,55?,56?,57-,58-,59-/m1/s1. The van der Waals surface area contributed by atoms with E-state index in [1.807, 2.05) is 0 Å². The van der Waals surface area contributed by atoms with Crippen LogP contribution in [0.25, 0.3) is 0 Å². The highest BCUT2D eigenvalue weighted by molar-refractivity contribution is 7.47. The Morgan fingerprint density at radius 3 is 0.866 bits per heavy atom. The molecule has 0 aromatic rings. The van der Waals surface area contributed by atoms with Gasteiger partial charge in [-0.3, -0.25) is 37.3 Å². The van der Waals surface area contributed by atoms with Crippen molar-refractivity contribution in [1.82, 2.24) is 0 Å². The van der Waals surface area contributed by atoms with Crippen molar-refractivity contribution in [1.29, 1.82) is 0 Å². The van der Waals surface area contributed by atoms with Gasteiger partial charge in [-0.15, -0.1) is 0 Å². The highest BCUT2D eigenvalue weighted by Crippen LogP contribution is 2.45. The predicted octanol–water partition coefficient (Wildman–Crippen LogP) is 17.1. The first-order chi connectivity index (χ1) is 39.3. The molecule has 0 spiro atoms. The molecule has 8 atom stereocenters. The molecular weight excluding hydrogens is 1090 g/mol. The van der Waals surface area contributed by atoms with Crippen LogP contribution in [0.2, 0.25) is 0 Å². The summed E-state index contributed by atoms with van der Waals surface area (Å²) in [5.41, 5.74) is 0. The van der Waals surface area contributed by atoms with Crippen LogP contribution >= 0.6 is 15.6 Å². The maximum Gasteiger partial charge on any atom is 0.472 e. The van der Waals surface area contributed by atoms with Gasteiger partial charge in [0, 0.05) is 25.7 Å². The zero-order chi connectivity index (χ0) is 61.0. The lowest BCUT2D eigenvalue weighted by Gasteiger charge is -2.21. The molecule has 0 bridgehead atoms. The van der Waals surface area contributed by atoms with Crippen molar-refractivity contribution < 1.29 is 80.2 Å². The molecule has 82 heavy (non-hydrogen) atoms. The molecule has 0 fully saturated rings. The van der Waals surface area contributed by atoms with Crippen LogP contribution in [-0.2, 0) is 65.4 Å². The third kappa shape index (κ3) is 53.5. The van der Waals surface area contributed by atoms with E-state index in [1.54, 1.807) is 0 Å². The van der Waals surface area contributed by atoms with Crippen LogP contribution in [0.15, 0.2) is 0 Å². The Kier molecular flexibility index (Phi) is 53.2. The van der Waals surface area contributed by atoms with Gasteiger partial charge in [0.2, 0.25) is 0 Å². The fourth-order valence-corrected chi connectivity index (χ4v) is 10.8. The quantitative estimate of drug-likeness (QED) is 0.0222. The highest BCUT2D eigenvalue weighted by Gasteiger charge is 2.30. The van der Waals surface area contributed by atoms with Crippen LogP contribution in [0.3, 0.4) is 0 Å². The van der Waals surface area contributed by atoms with Gasteiger partial charge in [0.25, 0.3) is 0 Å². The predicted molar refractivity (Wildman–Crippen MR) is 326 cm³/mol. The largest absolute Gasteiger partial charge is 0.472 e. The van der Waals surface area contributed by atoms with Crippen molar-refractivity contribution in [3.05, 3.63) is 0 Å². The summed E-state index contributed by atoms with van der Waals surface area (Å²) in [6, 6.07) is 0. The number of aliphatic hydroxyl groups excluding tert-OH is 1. The molecule has 3 N–H and O–H groups in total. The smallest absolute Gasteiger partial charge is 0.462 e. The molecule has 0 saturated heterocycles. The van der Waals surface area contributed by atoms with Crippen LogP contribution in [0.4, 0.5) is 0 Å². The normalized spacial score (nSPS) is 15.4. The summed E-state index contributed by atoms with van der Waals surface area (Å²) in [7, 11) is -9.88. The maximum absolute atomic E-state index is 13.0. The Morgan fingerprint density at radius 2 is 0.585 bits per heavy atom. The summed E-state index contributed by atoms with van der Waals surface area (Å²) in [6.45, 7) is 11.7. The number of phosphoric acid groups is 2. The van der Waals surface area contributed by atoms with E-state index in [2.05, 4.69) is 48.5 Å². The number of unbranched alkanes of at least 4 members (excludes halogenated alkanes) is 26. The van der Waals surface area contributed by atoms with Gasteiger partial charge in [-0.05, 0) is 43.4 Å². The number of hydrogen-bond donors (Lipinski definition) is 3. The number of ether oxygens (including phenoxy) is 4. The van der Waals surface area contributed by atoms with Gasteiger partial charge in [0.05, 0.1) is 26.4 Å². The second kappa shape index (κ2) is 54.5. The van der Waals surface area contributed by atoms with Crippen LogP contribution in [0.1, 0.15) is 305 Å². The van der Waals surface area contributed by atoms with E-state index in [0.29, 0.717) is 25.7 Å². The van der Waals surface area contributed by atoms with Gasteiger partial charge in [-0.25, -0.2) is 9.13 Å². The number of carbonyl (C=O) groups excluding carboxylic acids is 4. The lowest BCUT2D eigenvalue weighted by atomic mass is 9.99. The molecule has 17 nitrogen and oxygen atoms in total. The monoisotopic (exact) mass is 1210 g/mol. The third-order valence-corrected chi connectivity index (χ3v) is 17.4. The van der Waals surface area contributed by atoms with Crippen LogP contribution < -0.4 is 0 Å². The molecule has 0 aliphatic heterocycles. The van der Waals surface area contributed by atoms with Gasteiger partial charge in [-0.1, -0.05) is 254 Å². The van der Waals surface area contributed by atoms with E-state index in [1.165, 1.54) is 103 Å². The Morgan fingerprint density at radius 1 is 0.341 bits per heavy atom. The fourth-order valence-electron chi connectivity index (χ4n) is 9.21. The van der Waals surface area contributed by atoms with Crippen molar-refractivity contribution in [2.75, 3.05) is 39.6 Å². The number of hydrogen-bond acceptors (Lipinski definition) is 15. The SMILES string of the molecule is CCCCCCCCCCC(=O)OC[C@H](COP(=O)(O)OC[C@H](O)COP(=O)(O)OC[C@@H](COC(=O)CCCCCCCCC(C)CC)OC(=O)CCCCCCCCCCCCC(C)CC)OC(=O)CCCCCCCCC(C)CC. The van der Waals surface area contributed by atoms with Crippen LogP contribution in [0, 0.1) is 17.8 Å². The summed E-state index contributed by atoms with van der Waals surface area (Å²) in [5, 5.41) is 10.5. The zero-order valence-corrected chi connectivity index (χ0v) is 54.7. The van der Waals surface area contributed by atoms with Crippen LogP contribution in [0.5, 0.6) is 0 Å². The van der Waals surface area contributed by atoms with Crippen molar-refractivity contribution >= 4 is 39.5 Å². The van der Waals surface area contributed by atoms with E-state index in [0.717, 1.165) is 120 Å². The van der Waals surface area contributed by atoms with Crippen LogP contribution in [-0.4, -0.2) is 96.7 Å². The molecule has 0 saturated carbocycles. The minimum atomic E-state index is -4.94. The fraction of sp³-hybridized carbons (Fsp3) is 0.937. The summed E-state index contributed by atoms with van der Waals surface area (Å²) in [4.78, 5) is 72.1. The minimum Gasteiger partial charge on any atom is -0.462 e. The summed E-state index contributed by atoms with van der Waals surface area (Å²) in [5.74, 6) is 0.112. The molecule has 0 aliphatic rings. The lowest BCUT2D eigenvalue weighted by molar-refractivity contribution is -0.161. The highest BCUT2D eigenvalue weighted by atomic mass is 31.2. The number of phosphoric ester groups is 2. The van der Waals surface area contributed by atoms with E-state index in [-0.39, 0.29) is 25.7 Å². The molecule has 5 unspecified atom stereocenters. The number of carbonyl (C=O) groups is 4. The number of esters is 4. The molecule has 0 aliphatic carbocycles. The van der Waals surface area contributed by atoms with Crippen molar-refractivity contribution in [2.45, 2.75) is 324 Å². The first kappa shape index (κ1) is 80.1. The molecule has 0 aromatic heterocycles. The average molecular weight is 1210 g/mol. The molecule has 0 aromatic carbocycles.